The van der Waals surface area contributed by atoms with E-state index in [0.717, 1.165) is 4.90 Å². The van der Waals surface area contributed by atoms with Crippen molar-refractivity contribution >= 4 is 41.0 Å². The Kier molecular flexibility index (Phi) is 6.62. The molecule has 0 spiro atoms. The second kappa shape index (κ2) is 8.72. The van der Waals surface area contributed by atoms with Gasteiger partial charge in [-0.05, 0) is 36.7 Å². The highest BCUT2D eigenvalue weighted by molar-refractivity contribution is 7.80. The van der Waals surface area contributed by atoms with Gasteiger partial charge in [0, 0.05) is 13.0 Å². The molecule has 2 rings (SSSR count). The number of amides is 3. The van der Waals surface area contributed by atoms with Crippen molar-refractivity contribution in [3.8, 4) is 0 Å². The van der Waals surface area contributed by atoms with Gasteiger partial charge in [0.1, 0.15) is 6.04 Å². The summed E-state index contributed by atoms with van der Waals surface area (Å²) in [7, 11) is 0. The zero-order chi connectivity index (χ0) is 20.1. The van der Waals surface area contributed by atoms with E-state index < -0.39 is 17.9 Å². The maximum Gasteiger partial charge on any atom is 0.326 e. The lowest BCUT2D eigenvalue weighted by Crippen LogP contribution is -2.49. The van der Waals surface area contributed by atoms with Crippen LogP contribution in [0.1, 0.15) is 47.4 Å². The molecular formula is C18H21N3O5S. The van der Waals surface area contributed by atoms with Gasteiger partial charge >= 0.3 is 5.97 Å². The number of carboxylic acids is 1. The summed E-state index contributed by atoms with van der Waals surface area (Å²) >= 11 is 4.96. The summed E-state index contributed by atoms with van der Waals surface area (Å²) in [6.07, 6.45) is 0.307. The Bertz CT molecular complexity index is 758. The summed E-state index contributed by atoms with van der Waals surface area (Å²) in [5.74, 6) is -2.43. The molecule has 0 bridgehead atoms. The van der Waals surface area contributed by atoms with Gasteiger partial charge in [0.05, 0.1) is 11.1 Å². The van der Waals surface area contributed by atoms with Crippen molar-refractivity contribution in [2.45, 2.75) is 32.7 Å². The minimum atomic E-state index is -1.06. The van der Waals surface area contributed by atoms with E-state index in [1.807, 2.05) is 0 Å². The average molecular weight is 391 g/mol. The molecule has 1 unspecified atom stereocenters. The molecule has 0 aliphatic carbocycles. The topological polar surface area (TPSA) is 116 Å². The Balaban J connectivity index is 1.80. The van der Waals surface area contributed by atoms with Crippen LogP contribution in [0.15, 0.2) is 24.3 Å². The van der Waals surface area contributed by atoms with Gasteiger partial charge in [-0.3, -0.25) is 19.3 Å². The fourth-order valence-electron chi connectivity index (χ4n) is 2.72. The first-order valence-electron chi connectivity index (χ1n) is 8.50. The highest BCUT2D eigenvalue weighted by Gasteiger charge is 2.34. The van der Waals surface area contributed by atoms with E-state index in [0.29, 0.717) is 11.1 Å². The average Bonchev–Trinajstić information content (AvgIpc) is 2.84. The molecule has 1 heterocycles. The van der Waals surface area contributed by atoms with Crippen LogP contribution in [0.5, 0.6) is 0 Å². The number of carboxylic acid groups (broad SMARTS) is 1. The van der Waals surface area contributed by atoms with Gasteiger partial charge < -0.3 is 15.7 Å². The van der Waals surface area contributed by atoms with Crippen molar-refractivity contribution in [3.63, 3.8) is 0 Å². The Morgan fingerprint density at radius 3 is 2.19 bits per heavy atom. The number of hydrogen-bond donors (Lipinski definition) is 3. The number of nitrogens with one attached hydrogen (secondary N) is 2. The minimum absolute atomic E-state index is 0.0364. The van der Waals surface area contributed by atoms with Gasteiger partial charge in [-0.1, -0.05) is 26.0 Å². The van der Waals surface area contributed by atoms with E-state index in [9.17, 15) is 19.2 Å². The number of carbonyl (C=O) groups excluding carboxylic acids is 3. The molecule has 9 heteroatoms. The quantitative estimate of drug-likeness (QED) is 0.472. The first-order valence-corrected chi connectivity index (χ1v) is 8.91. The molecule has 1 aliphatic rings. The van der Waals surface area contributed by atoms with Crippen LogP contribution in [-0.4, -0.2) is 51.4 Å². The van der Waals surface area contributed by atoms with Crippen LogP contribution < -0.4 is 10.6 Å². The fraction of sp³-hybridized carbons (Fsp3) is 0.389. The Morgan fingerprint density at radius 2 is 1.70 bits per heavy atom. The highest BCUT2D eigenvalue weighted by Crippen LogP contribution is 2.22. The lowest BCUT2D eigenvalue weighted by atomic mass is 10.1. The van der Waals surface area contributed by atoms with E-state index in [2.05, 4.69) is 10.6 Å². The maximum absolute atomic E-state index is 12.2. The van der Waals surface area contributed by atoms with E-state index in [4.69, 9.17) is 17.3 Å². The predicted octanol–water partition coefficient (Wildman–Crippen LogP) is 1.16. The number of nitrogens with zero attached hydrogens (tertiary/aromatic N) is 1. The van der Waals surface area contributed by atoms with Crippen molar-refractivity contribution in [2.24, 2.45) is 5.92 Å². The van der Waals surface area contributed by atoms with Gasteiger partial charge in [0.15, 0.2) is 5.11 Å². The number of imide groups is 1. The lowest BCUT2D eigenvalue weighted by molar-refractivity contribution is -0.140. The zero-order valence-corrected chi connectivity index (χ0v) is 15.8. The molecule has 0 fully saturated rings. The molecule has 0 radical (unpaired) electrons. The van der Waals surface area contributed by atoms with Gasteiger partial charge in [0.25, 0.3) is 11.8 Å². The molecule has 8 nitrogen and oxygen atoms in total. The van der Waals surface area contributed by atoms with Crippen LogP contribution in [0.3, 0.4) is 0 Å². The number of hydrogen-bond acceptors (Lipinski definition) is 5. The summed E-state index contributed by atoms with van der Waals surface area (Å²) in [5.41, 5.74) is 0.733. The SMILES string of the molecule is CC(C)C(NC(=S)NC(=O)CCCN1C(=O)c2ccccc2C1=O)C(=O)O. The van der Waals surface area contributed by atoms with Crippen molar-refractivity contribution in [3.05, 3.63) is 35.4 Å². The molecule has 3 N–H and O–H groups in total. The predicted molar refractivity (Wildman–Crippen MR) is 101 cm³/mol. The third kappa shape index (κ3) is 4.88. The Labute approximate surface area is 161 Å². The monoisotopic (exact) mass is 391 g/mol. The molecule has 0 aromatic heterocycles. The van der Waals surface area contributed by atoms with E-state index in [1.54, 1.807) is 38.1 Å². The van der Waals surface area contributed by atoms with Crippen molar-refractivity contribution in [1.29, 1.82) is 0 Å². The molecule has 1 aromatic rings. The first-order chi connectivity index (χ1) is 12.7. The molecule has 1 aromatic carbocycles. The summed E-state index contributed by atoms with van der Waals surface area (Å²) in [6, 6.07) is 5.67. The van der Waals surface area contributed by atoms with Crippen LogP contribution in [0.2, 0.25) is 0 Å². The van der Waals surface area contributed by atoms with Crippen molar-refractivity contribution in [1.82, 2.24) is 15.5 Å². The molecule has 1 aliphatic heterocycles. The third-order valence-corrected chi connectivity index (χ3v) is 4.36. The van der Waals surface area contributed by atoms with E-state index in [1.165, 1.54) is 0 Å². The molecule has 0 saturated carbocycles. The van der Waals surface area contributed by atoms with Crippen molar-refractivity contribution < 1.29 is 24.3 Å². The number of carbonyl (C=O) groups is 4. The van der Waals surface area contributed by atoms with E-state index >= 15 is 0 Å². The van der Waals surface area contributed by atoms with Crippen LogP contribution >= 0.6 is 12.2 Å². The highest BCUT2D eigenvalue weighted by atomic mass is 32.1. The standard InChI is InChI=1S/C18H21N3O5S/c1-10(2)14(17(25)26)20-18(27)19-13(22)8-5-9-21-15(23)11-6-3-4-7-12(11)16(21)24/h3-4,6-7,10,14H,5,8-9H2,1-2H3,(H,25,26)(H2,19,20,22,27). The van der Waals surface area contributed by atoms with Crippen LogP contribution in [0.4, 0.5) is 0 Å². The van der Waals surface area contributed by atoms with Gasteiger partial charge in [-0.2, -0.15) is 0 Å². The Hall–Kier alpha value is -2.81. The number of thiocarbonyl (C=S) groups is 1. The van der Waals surface area contributed by atoms with Gasteiger partial charge in [-0.25, -0.2) is 4.79 Å². The fourth-order valence-corrected chi connectivity index (χ4v) is 2.96. The van der Waals surface area contributed by atoms with Crippen molar-refractivity contribution in [2.75, 3.05) is 6.54 Å². The molecule has 0 saturated heterocycles. The number of aliphatic carboxylic acids is 1. The largest absolute Gasteiger partial charge is 0.480 e. The number of benzene rings is 1. The lowest BCUT2D eigenvalue weighted by Gasteiger charge is -2.19. The van der Waals surface area contributed by atoms with Crippen LogP contribution in [0.25, 0.3) is 0 Å². The first kappa shape index (κ1) is 20.5. The summed E-state index contributed by atoms with van der Waals surface area (Å²) < 4.78 is 0. The second-order valence-electron chi connectivity index (χ2n) is 6.49. The van der Waals surface area contributed by atoms with Gasteiger partial charge in [-0.15, -0.1) is 0 Å². The number of rotatable bonds is 7. The maximum atomic E-state index is 12.2. The second-order valence-corrected chi connectivity index (χ2v) is 6.90. The van der Waals surface area contributed by atoms with Crippen LogP contribution in [-0.2, 0) is 9.59 Å². The molecular weight excluding hydrogens is 370 g/mol. The molecule has 1 atom stereocenters. The third-order valence-electron chi connectivity index (χ3n) is 4.14. The molecule has 3 amide bonds. The van der Waals surface area contributed by atoms with Gasteiger partial charge in [0.2, 0.25) is 5.91 Å². The van der Waals surface area contributed by atoms with Crippen LogP contribution in [0, 0.1) is 5.92 Å². The minimum Gasteiger partial charge on any atom is -0.480 e. The summed E-state index contributed by atoms with van der Waals surface area (Å²) in [5, 5.41) is 14.0. The van der Waals surface area contributed by atoms with E-state index in [-0.39, 0.29) is 42.2 Å². The molecule has 27 heavy (non-hydrogen) atoms. The smallest absolute Gasteiger partial charge is 0.326 e. The summed E-state index contributed by atoms with van der Waals surface area (Å²) in [4.78, 5) is 48.7. The number of fused-ring (bicyclic) bond motifs is 1. The normalized spacial score (nSPS) is 14.1. The Morgan fingerprint density at radius 1 is 1.15 bits per heavy atom. The zero-order valence-electron chi connectivity index (χ0n) is 15.0. The molecule has 144 valence electrons. The summed E-state index contributed by atoms with van der Waals surface area (Å²) in [6.45, 7) is 3.56.